The van der Waals surface area contributed by atoms with Crippen molar-refractivity contribution in [2.75, 3.05) is 6.54 Å². The molecule has 0 saturated carbocycles. The number of thiazole rings is 1. The average Bonchev–Trinajstić information content (AvgIpc) is 3.47. The van der Waals surface area contributed by atoms with Crippen molar-refractivity contribution in [1.82, 2.24) is 20.0 Å². The van der Waals surface area contributed by atoms with Gasteiger partial charge in [0, 0.05) is 52.6 Å². The van der Waals surface area contributed by atoms with Gasteiger partial charge >= 0.3 is 6.33 Å². The van der Waals surface area contributed by atoms with Crippen LogP contribution < -0.4 is 4.68 Å². The minimum absolute atomic E-state index is 0.0243. The van der Waals surface area contributed by atoms with Crippen LogP contribution in [0.15, 0.2) is 55.1 Å². The monoisotopic (exact) mass is 502 g/mol. The molecule has 6 nitrogen and oxygen atoms in total. The lowest BCUT2D eigenvalue weighted by Crippen LogP contribution is -2.58. The molecule has 0 unspecified atom stereocenters. The topological polar surface area (TPSA) is 68.9 Å². The third kappa shape index (κ3) is 4.36. The molecule has 176 valence electrons. The first-order valence-electron chi connectivity index (χ1n) is 10.9. The maximum absolute atomic E-state index is 14.9. The molecule has 1 aliphatic heterocycles. The van der Waals surface area contributed by atoms with Gasteiger partial charge in [-0.15, -0.1) is 11.3 Å². The highest BCUT2D eigenvalue weighted by Gasteiger charge is 2.44. The Kier molecular flexibility index (Phi) is 6.20. The van der Waals surface area contributed by atoms with Gasteiger partial charge in [-0.2, -0.15) is 9.78 Å². The van der Waals surface area contributed by atoms with Crippen LogP contribution in [0.5, 0.6) is 0 Å². The summed E-state index contributed by atoms with van der Waals surface area (Å²) < 4.78 is 30.1. The van der Waals surface area contributed by atoms with E-state index in [9.17, 15) is 13.9 Å². The van der Waals surface area contributed by atoms with Crippen LogP contribution in [-0.4, -0.2) is 37.7 Å². The van der Waals surface area contributed by atoms with Gasteiger partial charge in [0.1, 0.15) is 28.8 Å². The molecule has 2 N–H and O–H groups in total. The molecule has 0 amide bonds. The molecule has 0 radical (unpaired) electrons. The van der Waals surface area contributed by atoms with E-state index >= 15 is 0 Å². The van der Waals surface area contributed by atoms with E-state index in [0.717, 1.165) is 27.2 Å². The van der Waals surface area contributed by atoms with E-state index in [4.69, 9.17) is 16.6 Å². The van der Waals surface area contributed by atoms with Crippen LogP contribution in [0.25, 0.3) is 10.6 Å². The standard InChI is InChI=1S/C24H22ClF2N5OS/c1-15(24(33,12-32-14-28-13-29-32)19-6-5-18(26)10-20(19)27)31-8-7-21-22(11-31)34-23(30-21)16-3-2-4-17(25)9-16/h2-6,9-10,13-15,33H,7-8,11-12H2,1H3/p+1/t15-,24-/m1/s1. The third-order valence-corrected chi connectivity index (χ3v) is 7.75. The molecular formula is C24H23ClF2N5OS+. The number of benzene rings is 2. The molecule has 34 heavy (non-hydrogen) atoms. The lowest BCUT2D eigenvalue weighted by Gasteiger charge is -2.41. The summed E-state index contributed by atoms with van der Waals surface area (Å²) in [4.78, 5) is 12.0. The fourth-order valence-corrected chi connectivity index (χ4v) is 5.80. The minimum atomic E-state index is -1.65. The molecule has 0 aliphatic carbocycles. The van der Waals surface area contributed by atoms with Crippen molar-refractivity contribution in [3.05, 3.63) is 87.9 Å². The molecule has 2 aromatic heterocycles. The van der Waals surface area contributed by atoms with Crippen LogP contribution in [0, 0.1) is 11.6 Å². The predicted octanol–water partition coefficient (Wildman–Crippen LogP) is 4.09. The van der Waals surface area contributed by atoms with Gasteiger partial charge in [-0.25, -0.2) is 13.8 Å². The zero-order chi connectivity index (χ0) is 23.9. The molecule has 1 aliphatic rings. The molecule has 5 rings (SSSR count). The van der Waals surface area contributed by atoms with E-state index in [1.54, 1.807) is 16.0 Å². The van der Waals surface area contributed by atoms with Crippen molar-refractivity contribution < 1.29 is 18.6 Å². The van der Waals surface area contributed by atoms with Crippen molar-refractivity contribution in [2.45, 2.75) is 38.1 Å². The number of nitrogens with zero attached hydrogens (tertiary/aromatic N) is 4. The Balaban J connectivity index is 1.46. The molecule has 2 atom stereocenters. The fraction of sp³-hybridized carbons (Fsp3) is 0.292. The predicted molar refractivity (Wildman–Crippen MR) is 125 cm³/mol. The number of aromatic amines is 1. The number of aliphatic hydroxyl groups is 1. The lowest BCUT2D eigenvalue weighted by molar-refractivity contribution is -0.765. The quantitative estimate of drug-likeness (QED) is 0.390. The third-order valence-electron chi connectivity index (χ3n) is 6.38. The number of aromatic nitrogens is 4. The Labute approximate surface area is 204 Å². The molecule has 2 aromatic carbocycles. The van der Waals surface area contributed by atoms with Crippen LogP contribution in [0.3, 0.4) is 0 Å². The summed E-state index contributed by atoms with van der Waals surface area (Å²) in [6.07, 6.45) is 3.71. The Bertz CT molecular complexity index is 1310. The molecule has 10 heteroatoms. The summed E-state index contributed by atoms with van der Waals surface area (Å²) in [6, 6.07) is 10.4. The number of H-pyrrole nitrogens is 1. The second-order valence-electron chi connectivity index (χ2n) is 8.49. The lowest BCUT2D eigenvalue weighted by atomic mass is 9.85. The van der Waals surface area contributed by atoms with Crippen LogP contribution in [-0.2, 0) is 25.1 Å². The summed E-state index contributed by atoms with van der Waals surface area (Å²) in [5, 5.41) is 16.4. The second-order valence-corrected chi connectivity index (χ2v) is 10.0. The summed E-state index contributed by atoms with van der Waals surface area (Å²) in [7, 11) is 0. The van der Waals surface area contributed by atoms with Gasteiger partial charge < -0.3 is 5.11 Å². The molecular weight excluding hydrogens is 480 g/mol. The Morgan fingerprint density at radius 3 is 2.88 bits per heavy atom. The second kappa shape index (κ2) is 9.14. The van der Waals surface area contributed by atoms with Crippen molar-refractivity contribution in [2.24, 2.45) is 0 Å². The molecule has 0 saturated heterocycles. The number of hydrogen-bond donors (Lipinski definition) is 2. The minimum Gasteiger partial charge on any atom is -0.379 e. The van der Waals surface area contributed by atoms with Gasteiger partial charge in [0.2, 0.25) is 6.33 Å². The maximum Gasteiger partial charge on any atom is 0.306 e. The van der Waals surface area contributed by atoms with Crippen LogP contribution in [0.1, 0.15) is 23.1 Å². The molecule has 0 spiro atoms. The summed E-state index contributed by atoms with van der Waals surface area (Å²) in [5.74, 6) is -1.47. The molecule has 0 fully saturated rings. The number of fused-ring (bicyclic) bond motifs is 1. The Hall–Kier alpha value is -2.72. The van der Waals surface area contributed by atoms with Crippen molar-refractivity contribution in [3.63, 3.8) is 0 Å². The summed E-state index contributed by atoms with van der Waals surface area (Å²) in [6.45, 7) is 3.10. The number of rotatable bonds is 6. The smallest absolute Gasteiger partial charge is 0.306 e. The van der Waals surface area contributed by atoms with Gasteiger partial charge in [-0.3, -0.25) is 4.90 Å². The van der Waals surface area contributed by atoms with Gasteiger partial charge in [-0.05, 0) is 30.1 Å². The Morgan fingerprint density at radius 1 is 1.29 bits per heavy atom. The van der Waals surface area contributed by atoms with E-state index in [2.05, 4.69) is 15.0 Å². The zero-order valence-corrected chi connectivity index (χ0v) is 20.0. The zero-order valence-electron chi connectivity index (χ0n) is 18.4. The highest BCUT2D eigenvalue weighted by Crippen LogP contribution is 2.37. The number of halogens is 3. The van der Waals surface area contributed by atoms with Crippen LogP contribution in [0.4, 0.5) is 8.78 Å². The highest BCUT2D eigenvalue weighted by molar-refractivity contribution is 7.15. The normalized spacial score (nSPS) is 16.7. The van der Waals surface area contributed by atoms with E-state index in [0.29, 0.717) is 24.5 Å². The first-order valence-corrected chi connectivity index (χ1v) is 12.1. The maximum atomic E-state index is 14.9. The van der Waals surface area contributed by atoms with E-state index in [1.807, 2.05) is 31.2 Å². The van der Waals surface area contributed by atoms with Crippen molar-refractivity contribution >= 4 is 22.9 Å². The number of nitrogens with one attached hydrogen (secondary N) is 1. The molecule has 3 heterocycles. The Morgan fingerprint density at radius 2 is 2.15 bits per heavy atom. The summed E-state index contributed by atoms with van der Waals surface area (Å²) in [5.41, 5.74) is 0.389. The van der Waals surface area contributed by atoms with Gasteiger partial charge in [0.15, 0.2) is 0 Å². The first kappa shape index (κ1) is 23.0. The number of hydrogen-bond acceptors (Lipinski definition) is 5. The van der Waals surface area contributed by atoms with Crippen LogP contribution >= 0.6 is 22.9 Å². The van der Waals surface area contributed by atoms with Crippen molar-refractivity contribution in [3.8, 4) is 10.6 Å². The fourth-order valence-electron chi connectivity index (χ4n) is 4.48. The SMILES string of the molecule is C[C@@H](N1CCc2nc(-c3cccc(Cl)c3)sc2C1)[C@](O)(C[n+]1cnc[nH]1)c1ccc(F)cc1F. The van der Waals surface area contributed by atoms with Crippen LogP contribution in [0.2, 0.25) is 5.02 Å². The van der Waals surface area contributed by atoms with E-state index in [-0.39, 0.29) is 12.1 Å². The summed E-state index contributed by atoms with van der Waals surface area (Å²) >= 11 is 7.75. The van der Waals surface area contributed by atoms with E-state index < -0.39 is 23.3 Å². The molecule has 0 bridgehead atoms. The average molecular weight is 503 g/mol. The first-order chi connectivity index (χ1) is 16.3. The largest absolute Gasteiger partial charge is 0.379 e. The van der Waals surface area contributed by atoms with Gasteiger partial charge in [0.05, 0.1) is 5.69 Å². The molecule has 4 aromatic rings. The van der Waals surface area contributed by atoms with Gasteiger partial charge in [0.25, 0.3) is 0 Å². The van der Waals surface area contributed by atoms with Crippen molar-refractivity contribution in [1.29, 1.82) is 0 Å². The van der Waals surface area contributed by atoms with E-state index in [1.165, 1.54) is 24.8 Å². The van der Waals surface area contributed by atoms with Gasteiger partial charge in [-0.1, -0.05) is 29.8 Å². The highest BCUT2D eigenvalue weighted by atomic mass is 35.5.